The summed E-state index contributed by atoms with van der Waals surface area (Å²) in [6, 6.07) is 4.44. The summed E-state index contributed by atoms with van der Waals surface area (Å²) in [6.07, 6.45) is 1.01. The van der Waals surface area contributed by atoms with E-state index in [1.807, 2.05) is 0 Å². The van der Waals surface area contributed by atoms with Gasteiger partial charge < -0.3 is 30.4 Å². The van der Waals surface area contributed by atoms with Gasteiger partial charge in [0, 0.05) is 29.8 Å². The van der Waals surface area contributed by atoms with Crippen LogP contribution in [-0.4, -0.2) is 67.2 Å². The van der Waals surface area contributed by atoms with Crippen molar-refractivity contribution in [2.45, 2.75) is 57.3 Å². The van der Waals surface area contributed by atoms with Gasteiger partial charge in [-0.2, -0.15) is 0 Å². The number of piperidine rings is 1. The molecule has 0 saturated carbocycles. The number of methoxy groups -OCH3 is 2. The summed E-state index contributed by atoms with van der Waals surface area (Å²) in [5, 5.41) is 8.54. The molecule has 1 aromatic heterocycles. The van der Waals surface area contributed by atoms with Crippen molar-refractivity contribution in [1.29, 1.82) is 0 Å². The van der Waals surface area contributed by atoms with Gasteiger partial charge in [0.25, 0.3) is 5.91 Å². The van der Waals surface area contributed by atoms with E-state index < -0.39 is 41.5 Å². The number of aromatic nitrogens is 1. The second kappa shape index (κ2) is 11.4. The van der Waals surface area contributed by atoms with Gasteiger partial charge in [0.1, 0.15) is 29.2 Å². The fourth-order valence-corrected chi connectivity index (χ4v) is 4.33. The monoisotopic (exact) mass is 504 g/mol. The van der Waals surface area contributed by atoms with Crippen LogP contribution in [0.1, 0.15) is 50.0 Å². The number of H-pyrrole nitrogens is 1. The Morgan fingerprint density at radius 2 is 1.94 bits per heavy atom. The minimum Gasteiger partial charge on any atom is -0.496 e. The third-order valence-electron chi connectivity index (χ3n) is 6.12. The van der Waals surface area contributed by atoms with Gasteiger partial charge in [0.15, 0.2) is 0 Å². The van der Waals surface area contributed by atoms with E-state index in [0.717, 1.165) is 6.42 Å². The molecule has 2 heterocycles. The standard InChI is InChI=1S/C25H33FN4O6/c1-25(2,26)13-19(30-22(32)17-12-15-16(28-17)8-5-9-20(15)35-3)23(33)29-18(24(34)36-4)11-14-7-6-10-27-21(14)31/h5,8-9,12,14,18-19,28H,6-7,10-11,13H2,1-4H3,(H,27,31)(H,29,33)(H,30,32)/t14-,18?,19?/m0/s1. The lowest BCUT2D eigenvalue weighted by Crippen LogP contribution is -2.54. The number of alkyl halides is 1. The molecule has 196 valence electrons. The fraction of sp³-hybridized carbons (Fsp3) is 0.520. The highest BCUT2D eigenvalue weighted by Crippen LogP contribution is 2.26. The van der Waals surface area contributed by atoms with E-state index in [-0.39, 0.29) is 24.4 Å². The first-order valence-corrected chi connectivity index (χ1v) is 11.8. The second-order valence-electron chi connectivity index (χ2n) is 9.50. The fourth-order valence-electron chi connectivity index (χ4n) is 4.33. The Balaban J connectivity index is 1.79. The highest BCUT2D eigenvalue weighted by atomic mass is 19.1. The lowest BCUT2D eigenvalue weighted by atomic mass is 9.91. The van der Waals surface area contributed by atoms with E-state index in [4.69, 9.17) is 9.47 Å². The first-order valence-electron chi connectivity index (χ1n) is 11.8. The molecule has 10 nitrogen and oxygen atoms in total. The molecule has 1 saturated heterocycles. The Kier molecular flexibility index (Phi) is 8.54. The van der Waals surface area contributed by atoms with Crippen LogP contribution in [0.15, 0.2) is 24.3 Å². The molecule has 0 aliphatic carbocycles. The van der Waals surface area contributed by atoms with Gasteiger partial charge in [-0.15, -0.1) is 0 Å². The summed E-state index contributed by atoms with van der Waals surface area (Å²) in [5.74, 6) is -2.22. The van der Waals surface area contributed by atoms with Crippen molar-refractivity contribution >= 4 is 34.6 Å². The molecule has 3 atom stereocenters. The summed E-state index contributed by atoms with van der Waals surface area (Å²) < 4.78 is 24.7. The number of rotatable bonds is 10. The zero-order valence-electron chi connectivity index (χ0n) is 20.9. The van der Waals surface area contributed by atoms with Gasteiger partial charge in [-0.1, -0.05) is 6.07 Å². The Bertz CT molecular complexity index is 1130. The average Bonchev–Trinajstić information content (AvgIpc) is 3.28. The van der Waals surface area contributed by atoms with E-state index >= 15 is 0 Å². The molecule has 4 N–H and O–H groups in total. The van der Waals surface area contributed by atoms with Crippen molar-refractivity contribution in [2.24, 2.45) is 5.92 Å². The molecule has 1 aromatic carbocycles. The maximum atomic E-state index is 14.6. The highest BCUT2D eigenvalue weighted by Gasteiger charge is 2.35. The zero-order valence-corrected chi connectivity index (χ0v) is 20.9. The number of esters is 1. The molecule has 1 aliphatic heterocycles. The molecular weight excluding hydrogens is 471 g/mol. The SMILES string of the molecule is COC(=O)C(C[C@@H]1CCCNC1=O)NC(=O)C(CC(C)(C)F)NC(=O)c1cc2c(OC)cccc2[nH]1. The van der Waals surface area contributed by atoms with Crippen molar-refractivity contribution in [2.75, 3.05) is 20.8 Å². The molecule has 3 amide bonds. The Hall–Kier alpha value is -3.63. The number of carbonyl (C=O) groups excluding carboxylic acids is 4. The lowest BCUT2D eigenvalue weighted by molar-refractivity contribution is -0.146. The molecule has 1 aliphatic rings. The summed E-state index contributed by atoms with van der Waals surface area (Å²) in [4.78, 5) is 53.7. The summed E-state index contributed by atoms with van der Waals surface area (Å²) in [5.41, 5.74) is -0.988. The Labute approximate surface area is 208 Å². The van der Waals surface area contributed by atoms with Crippen LogP contribution >= 0.6 is 0 Å². The summed E-state index contributed by atoms with van der Waals surface area (Å²) in [6.45, 7) is 3.14. The number of hydrogen-bond acceptors (Lipinski definition) is 6. The number of halogens is 1. The maximum Gasteiger partial charge on any atom is 0.328 e. The summed E-state index contributed by atoms with van der Waals surface area (Å²) >= 11 is 0. The van der Waals surface area contributed by atoms with Gasteiger partial charge >= 0.3 is 5.97 Å². The molecule has 0 bridgehead atoms. The number of benzene rings is 1. The van der Waals surface area contributed by atoms with E-state index in [1.165, 1.54) is 28.1 Å². The zero-order chi connectivity index (χ0) is 26.5. The normalized spacial score (nSPS) is 17.6. The van der Waals surface area contributed by atoms with E-state index in [9.17, 15) is 23.6 Å². The lowest BCUT2D eigenvalue weighted by Gasteiger charge is -2.28. The van der Waals surface area contributed by atoms with Crippen LogP contribution in [0.25, 0.3) is 10.9 Å². The smallest absolute Gasteiger partial charge is 0.328 e. The Morgan fingerprint density at radius 3 is 2.58 bits per heavy atom. The van der Waals surface area contributed by atoms with Crippen LogP contribution in [0.2, 0.25) is 0 Å². The van der Waals surface area contributed by atoms with Crippen molar-refractivity contribution < 1.29 is 33.0 Å². The largest absolute Gasteiger partial charge is 0.496 e. The molecule has 2 unspecified atom stereocenters. The van der Waals surface area contributed by atoms with Crippen molar-refractivity contribution in [3.63, 3.8) is 0 Å². The van der Waals surface area contributed by atoms with E-state index in [2.05, 4.69) is 20.9 Å². The van der Waals surface area contributed by atoms with Gasteiger partial charge in [0.2, 0.25) is 11.8 Å². The van der Waals surface area contributed by atoms with Crippen LogP contribution in [0.4, 0.5) is 4.39 Å². The molecular formula is C25H33FN4O6. The van der Waals surface area contributed by atoms with Crippen LogP contribution in [0, 0.1) is 5.92 Å². The average molecular weight is 505 g/mol. The number of hydrogen-bond donors (Lipinski definition) is 4. The van der Waals surface area contributed by atoms with Gasteiger partial charge in [0.05, 0.1) is 14.2 Å². The van der Waals surface area contributed by atoms with Gasteiger partial charge in [-0.05, 0) is 51.3 Å². The molecule has 11 heteroatoms. The molecule has 3 rings (SSSR count). The van der Waals surface area contributed by atoms with Crippen LogP contribution in [0.3, 0.4) is 0 Å². The first-order chi connectivity index (χ1) is 17.0. The molecule has 0 spiro atoms. The van der Waals surface area contributed by atoms with E-state index in [1.54, 1.807) is 24.3 Å². The molecule has 2 aromatic rings. The number of ether oxygens (including phenoxy) is 2. The molecule has 36 heavy (non-hydrogen) atoms. The number of nitrogens with one attached hydrogen (secondary N) is 4. The quantitative estimate of drug-likeness (QED) is 0.365. The van der Waals surface area contributed by atoms with Gasteiger partial charge in [-0.3, -0.25) is 14.4 Å². The second-order valence-corrected chi connectivity index (χ2v) is 9.50. The van der Waals surface area contributed by atoms with E-state index in [0.29, 0.717) is 29.6 Å². The third kappa shape index (κ3) is 6.73. The van der Waals surface area contributed by atoms with Crippen molar-refractivity contribution in [1.82, 2.24) is 20.9 Å². The molecule has 0 radical (unpaired) electrons. The summed E-state index contributed by atoms with van der Waals surface area (Å²) in [7, 11) is 2.69. The van der Waals surface area contributed by atoms with Crippen LogP contribution in [0.5, 0.6) is 5.75 Å². The topological polar surface area (TPSA) is 139 Å². The minimum atomic E-state index is -1.80. The molecule has 1 fully saturated rings. The highest BCUT2D eigenvalue weighted by molar-refractivity contribution is 6.01. The van der Waals surface area contributed by atoms with Crippen LogP contribution in [-0.2, 0) is 19.1 Å². The third-order valence-corrected chi connectivity index (χ3v) is 6.12. The minimum absolute atomic E-state index is 0.0335. The predicted octanol–water partition coefficient (Wildman–Crippen LogP) is 1.99. The first kappa shape index (κ1) is 27.0. The van der Waals surface area contributed by atoms with Gasteiger partial charge in [-0.25, -0.2) is 9.18 Å². The number of aromatic amines is 1. The maximum absolute atomic E-state index is 14.6. The predicted molar refractivity (Wildman–Crippen MR) is 130 cm³/mol. The number of carbonyl (C=O) groups is 4. The van der Waals surface area contributed by atoms with Crippen molar-refractivity contribution in [3.8, 4) is 5.75 Å². The number of amides is 3. The van der Waals surface area contributed by atoms with Crippen molar-refractivity contribution in [3.05, 3.63) is 30.0 Å². The number of fused-ring (bicyclic) bond motifs is 1. The Morgan fingerprint density at radius 1 is 1.19 bits per heavy atom. The van der Waals surface area contributed by atoms with Crippen LogP contribution < -0.4 is 20.7 Å².